The number of hydrogen-bond acceptors (Lipinski definition) is 6. The number of ether oxygens (including phenoxy) is 1. The van der Waals surface area contributed by atoms with Crippen molar-refractivity contribution in [1.29, 1.82) is 0 Å². The molecular weight excluding hydrogens is 577 g/mol. The van der Waals surface area contributed by atoms with Gasteiger partial charge in [0.1, 0.15) is 11.6 Å². The van der Waals surface area contributed by atoms with Crippen molar-refractivity contribution in [3.63, 3.8) is 0 Å². The van der Waals surface area contributed by atoms with E-state index in [2.05, 4.69) is 10.2 Å². The maximum absolute atomic E-state index is 15.5. The van der Waals surface area contributed by atoms with Gasteiger partial charge in [0, 0.05) is 69.1 Å². The number of nitrogens with one attached hydrogen (secondary N) is 1. The van der Waals surface area contributed by atoms with Gasteiger partial charge < -0.3 is 15.0 Å². The van der Waals surface area contributed by atoms with Crippen molar-refractivity contribution in [3.8, 4) is 16.9 Å². The zero-order chi connectivity index (χ0) is 31.1. The lowest BCUT2D eigenvalue weighted by molar-refractivity contribution is -0.119. The largest absolute Gasteiger partial charge is 0.494 e. The van der Waals surface area contributed by atoms with E-state index in [-0.39, 0.29) is 40.5 Å². The molecule has 3 heterocycles. The molecule has 5 rings (SSSR count). The number of rotatable bonds is 10. The fourth-order valence-electron chi connectivity index (χ4n) is 5.58. The van der Waals surface area contributed by atoms with Crippen LogP contribution in [0.1, 0.15) is 36.6 Å². The van der Waals surface area contributed by atoms with Crippen molar-refractivity contribution < 1.29 is 22.7 Å². The van der Waals surface area contributed by atoms with Crippen LogP contribution < -0.4 is 15.6 Å². The van der Waals surface area contributed by atoms with Crippen molar-refractivity contribution in [2.24, 2.45) is 0 Å². The van der Waals surface area contributed by atoms with Crippen LogP contribution in [0, 0.1) is 24.4 Å². The highest BCUT2D eigenvalue weighted by Gasteiger charge is 2.32. The Morgan fingerprint density at radius 2 is 1.70 bits per heavy atom. The van der Waals surface area contributed by atoms with Gasteiger partial charge in [-0.3, -0.25) is 19.1 Å². The summed E-state index contributed by atoms with van der Waals surface area (Å²) in [4.78, 5) is 29.0. The van der Waals surface area contributed by atoms with Crippen LogP contribution >= 0.6 is 11.8 Å². The molecule has 232 valence electrons. The molecule has 0 saturated carbocycles. The first-order valence-electron chi connectivity index (χ1n) is 14.6. The van der Waals surface area contributed by atoms with Crippen LogP contribution in [0.15, 0.2) is 46.2 Å². The average Bonchev–Trinajstić information content (AvgIpc) is 3.45. The number of hydrogen-bond donors (Lipinski definition) is 1. The number of thioether (sulfide) groups is 1. The topological polar surface area (TPSA) is 66.8 Å². The van der Waals surface area contributed by atoms with E-state index in [1.807, 2.05) is 13.8 Å². The normalized spacial score (nSPS) is 16.4. The lowest BCUT2D eigenvalue weighted by Gasteiger charge is -2.32. The Balaban J connectivity index is 0.00000207. The van der Waals surface area contributed by atoms with Gasteiger partial charge in [0.05, 0.1) is 23.7 Å². The van der Waals surface area contributed by atoms with Gasteiger partial charge >= 0.3 is 0 Å². The zero-order valence-electron chi connectivity index (χ0n) is 25.1. The van der Waals surface area contributed by atoms with Crippen molar-refractivity contribution in [2.75, 3.05) is 58.7 Å². The van der Waals surface area contributed by atoms with Crippen LogP contribution in [-0.2, 0) is 11.2 Å². The van der Waals surface area contributed by atoms with Gasteiger partial charge in [-0.2, -0.15) is 0 Å². The van der Waals surface area contributed by atoms with E-state index in [0.717, 1.165) is 26.0 Å². The molecule has 0 radical (unpaired) electrons. The molecule has 1 aromatic heterocycles. The molecular formula is C32H39F3N4O3S. The molecule has 0 bridgehead atoms. The van der Waals surface area contributed by atoms with Crippen LogP contribution in [0.3, 0.4) is 0 Å². The van der Waals surface area contributed by atoms with Gasteiger partial charge in [-0.05, 0) is 36.2 Å². The molecule has 1 saturated heterocycles. The molecule has 3 aromatic rings. The molecule has 7 nitrogen and oxygen atoms in total. The third kappa shape index (κ3) is 6.94. The zero-order valence-corrected chi connectivity index (χ0v) is 25.9. The first kappa shape index (κ1) is 32.6. The maximum atomic E-state index is 15.5. The highest BCUT2D eigenvalue weighted by atomic mass is 32.2. The molecule has 1 atom stereocenters. The van der Waals surface area contributed by atoms with Crippen LogP contribution in [0.5, 0.6) is 5.75 Å². The number of benzene rings is 2. The van der Waals surface area contributed by atoms with Gasteiger partial charge in [0.15, 0.2) is 11.6 Å². The van der Waals surface area contributed by atoms with Crippen LogP contribution in [0.2, 0.25) is 0 Å². The molecule has 0 aliphatic carbocycles. The number of aromatic nitrogens is 1. The molecule has 1 fully saturated rings. The third-order valence-corrected chi connectivity index (χ3v) is 9.19. The van der Waals surface area contributed by atoms with Crippen LogP contribution in [0.25, 0.3) is 11.1 Å². The minimum absolute atomic E-state index is 0.00932. The number of carbonyl (C=O) groups is 1. The number of nitrogens with zero attached hydrogens (tertiary/aromatic N) is 3. The number of amides is 1. The number of halogens is 3. The second kappa shape index (κ2) is 14.9. The lowest BCUT2D eigenvalue weighted by atomic mass is 9.94. The standard InChI is InChI=1S/C30H33F3N4O3S.C2H6/c1-19-22(15-23-24(31)6-4-7-25(23)32)30-37(29(39)27(19)21-5-3-8-26(40-2)28(21)33)20(17-41-30)16-34-9-10-35-11-13-36(18-38)14-12-35;1-2/h3-8,18,20,34H,9-17H2,1-2H3;1-2H3. The number of piperazine rings is 1. The fourth-order valence-corrected chi connectivity index (χ4v) is 6.97. The second-order valence-corrected chi connectivity index (χ2v) is 11.3. The molecule has 0 spiro atoms. The van der Waals surface area contributed by atoms with Crippen molar-refractivity contribution in [1.82, 2.24) is 19.7 Å². The summed E-state index contributed by atoms with van der Waals surface area (Å²) in [5, 5.41) is 4.10. The second-order valence-electron chi connectivity index (χ2n) is 10.3. The van der Waals surface area contributed by atoms with E-state index < -0.39 is 17.5 Å². The molecule has 11 heteroatoms. The predicted octanol–water partition coefficient (Wildman–Crippen LogP) is 4.88. The van der Waals surface area contributed by atoms with E-state index in [9.17, 15) is 18.4 Å². The van der Waals surface area contributed by atoms with E-state index in [4.69, 9.17) is 4.74 Å². The highest BCUT2D eigenvalue weighted by Crippen LogP contribution is 2.40. The smallest absolute Gasteiger partial charge is 0.260 e. The molecule has 1 unspecified atom stereocenters. The van der Waals surface area contributed by atoms with E-state index in [1.165, 1.54) is 49.2 Å². The minimum atomic E-state index is -0.668. The summed E-state index contributed by atoms with van der Waals surface area (Å²) in [6.45, 7) is 10.8. The van der Waals surface area contributed by atoms with Crippen LogP contribution in [-0.4, -0.2) is 79.5 Å². The van der Waals surface area contributed by atoms with Gasteiger partial charge in [-0.25, -0.2) is 13.2 Å². The first-order chi connectivity index (χ1) is 20.8. The Morgan fingerprint density at radius 1 is 1.02 bits per heavy atom. The number of methoxy groups -OCH3 is 1. The molecule has 1 N–H and O–H groups in total. The van der Waals surface area contributed by atoms with Gasteiger partial charge in [0.2, 0.25) is 6.41 Å². The average molecular weight is 617 g/mol. The highest BCUT2D eigenvalue weighted by molar-refractivity contribution is 7.99. The summed E-state index contributed by atoms with van der Waals surface area (Å²) < 4.78 is 51.8. The molecule has 43 heavy (non-hydrogen) atoms. The summed E-state index contributed by atoms with van der Waals surface area (Å²) in [5.41, 5.74) is 0.918. The third-order valence-electron chi connectivity index (χ3n) is 7.92. The Hall–Kier alpha value is -3.28. The quantitative estimate of drug-likeness (QED) is 0.259. The summed E-state index contributed by atoms with van der Waals surface area (Å²) in [5.74, 6) is -1.39. The van der Waals surface area contributed by atoms with Gasteiger partial charge in [0.25, 0.3) is 5.56 Å². The molecule has 2 aliphatic heterocycles. The Labute approximate surface area is 255 Å². The fraction of sp³-hybridized carbons (Fsp3) is 0.438. The minimum Gasteiger partial charge on any atom is -0.494 e. The van der Waals surface area contributed by atoms with Crippen molar-refractivity contribution >= 4 is 18.2 Å². The Kier molecular flexibility index (Phi) is 11.3. The van der Waals surface area contributed by atoms with E-state index in [0.29, 0.717) is 48.1 Å². The van der Waals surface area contributed by atoms with E-state index in [1.54, 1.807) is 22.5 Å². The van der Waals surface area contributed by atoms with Crippen molar-refractivity contribution in [2.45, 2.75) is 38.3 Å². The van der Waals surface area contributed by atoms with Gasteiger partial charge in [-0.1, -0.05) is 32.0 Å². The predicted molar refractivity (Wildman–Crippen MR) is 165 cm³/mol. The Bertz CT molecular complexity index is 1470. The van der Waals surface area contributed by atoms with Crippen LogP contribution in [0.4, 0.5) is 13.2 Å². The molecule has 2 aromatic carbocycles. The van der Waals surface area contributed by atoms with Gasteiger partial charge in [-0.15, -0.1) is 11.8 Å². The maximum Gasteiger partial charge on any atom is 0.260 e. The molecule has 2 aliphatic rings. The summed E-state index contributed by atoms with van der Waals surface area (Å²) in [6, 6.07) is 8.14. The number of carbonyl (C=O) groups excluding carboxylic acids is 1. The summed E-state index contributed by atoms with van der Waals surface area (Å²) in [6.07, 6.45) is 0.809. The number of fused-ring (bicyclic) bond motifs is 1. The van der Waals surface area contributed by atoms with Crippen molar-refractivity contribution in [3.05, 3.63) is 80.9 Å². The number of pyridine rings is 1. The SMILES string of the molecule is CC.COc1cccc(-c2c(C)c(Cc3c(F)cccc3F)c3n(c2=O)C(CNCCN2CCN(C=O)CC2)CS3)c1F. The molecule has 1 amide bonds. The summed E-state index contributed by atoms with van der Waals surface area (Å²) in [7, 11) is 1.36. The first-order valence-corrected chi connectivity index (χ1v) is 15.6. The van der Waals surface area contributed by atoms with E-state index >= 15 is 4.39 Å². The Morgan fingerprint density at radius 3 is 2.35 bits per heavy atom. The summed E-state index contributed by atoms with van der Waals surface area (Å²) >= 11 is 1.48. The lowest BCUT2D eigenvalue weighted by Crippen LogP contribution is -2.47. The monoisotopic (exact) mass is 616 g/mol.